The SMILES string of the molecule is O=C(CSc1nc(-c2ccc(Cl)cc2)cs1)Nc1ncc(Cc2cc(Cl)ccc2C(F)(F)F)s1. The number of thioether (sulfide) groups is 1. The molecule has 1 N–H and O–H groups in total. The van der Waals surface area contributed by atoms with Crippen LogP contribution in [0.5, 0.6) is 0 Å². The van der Waals surface area contributed by atoms with Crippen LogP contribution in [0.3, 0.4) is 0 Å². The highest BCUT2D eigenvalue weighted by molar-refractivity contribution is 8.01. The van der Waals surface area contributed by atoms with E-state index in [1.807, 2.05) is 17.5 Å². The Bertz CT molecular complexity index is 1310. The van der Waals surface area contributed by atoms with E-state index in [4.69, 9.17) is 23.2 Å². The number of nitrogens with zero attached hydrogens (tertiary/aromatic N) is 2. The van der Waals surface area contributed by atoms with Gasteiger partial charge in [-0.3, -0.25) is 4.79 Å². The summed E-state index contributed by atoms with van der Waals surface area (Å²) < 4.78 is 40.6. The summed E-state index contributed by atoms with van der Waals surface area (Å²) in [6.07, 6.45) is -3.03. The van der Waals surface area contributed by atoms with E-state index in [1.165, 1.54) is 41.4 Å². The van der Waals surface area contributed by atoms with Crippen LogP contribution in [-0.2, 0) is 17.4 Å². The molecule has 0 radical (unpaired) electrons. The molecule has 4 nitrogen and oxygen atoms in total. The molecule has 0 saturated carbocycles. The maximum atomic E-state index is 13.3. The minimum atomic E-state index is -4.48. The molecule has 1 amide bonds. The van der Waals surface area contributed by atoms with Crippen LogP contribution in [0.4, 0.5) is 18.3 Å². The molecule has 2 aromatic heterocycles. The summed E-state index contributed by atoms with van der Waals surface area (Å²) in [4.78, 5) is 21.5. The van der Waals surface area contributed by atoms with E-state index in [-0.39, 0.29) is 28.7 Å². The van der Waals surface area contributed by atoms with Gasteiger partial charge in [-0.15, -0.1) is 22.7 Å². The van der Waals surface area contributed by atoms with Crippen molar-refractivity contribution in [1.29, 1.82) is 0 Å². The smallest absolute Gasteiger partial charge is 0.301 e. The molecular formula is C22H14Cl2F3N3OS3. The molecule has 0 saturated heterocycles. The molecule has 2 heterocycles. The molecule has 4 aromatic rings. The third kappa shape index (κ3) is 6.51. The van der Waals surface area contributed by atoms with Crippen molar-refractivity contribution in [2.45, 2.75) is 16.9 Å². The highest BCUT2D eigenvalue weighted by Crippen LogP contribution is 2.35. The Morgan fingerprint density at radius 1 is 1.09 bits per heavy atom. The van der Waals surface area contributed by atoms with Crippen LogP contribution in [-0.4, -0.2) is 21.6 Å². The minimum absolute atomic E-state index is 0.00425. The fraction of sp³-hybridized carbons (Fsp3) is 0.136. The molecule has 0 atom stereocenters. The quantitative estimate of drug-likeness (QED) is 0.234. The second kappa shape index (κ2) is 10.7. The molecule has 0 aliphatic rings. The van der Waals surface area contributed by atoms with E-state index in [1.54, 1.807) is 12.1 Å². The van der Waals surface area contributed by atoms with Crippen LogP contribution in [0.15, 0.2) is 58.4 Å². The first-order valence-corrected chi connectivity index (χ1v) is 13.1. The summed E-state index contributed by atoms with van der Waals surface area (Å²) in [5, 5.41) is 5.77. The molecule has 0 bridgehead atoms. The van der Waals surface area contributed by atoms with Gasteiger partial charge in [-0.05, 0) is 35.9 Å². The maximum absolute atomic E-state index is 13.3. The Labute approximate surface area is 215 Å². The first kappa shape index (κ1) is 25.0. The largest absolute Gasteiger partial charge is 0.416 e. The number of rotatable bonds is 7. The fourth-order valence-corrected chi connectivity index (χ4v) is 5.79. The molecule has 0 fully saturated rings. The van der Waals surface area contributed by atoms with E-state index in [0.717, 1.165) is 33.0 Å². The van der Waals surface area contributed by atoms with E-state index in [2.05, 4.69) is 15.3 Å². The summed E-state index contributed by atoms with van der Waals surface area (Å²) in [6, 6.07) is 10.8. The van der Waals surface area contributed by atoms with Gasteiger partial charge >= 0.3 is 6.18 Å². The van der Waals surface area contributed by atoms with Crippen molar-refractivity contribution in [3.05, 3.63) is 80.1 Å². The number of hydrogen-bond donors (Lipinski definition) is 1. The van der Waals surface area contributed by atoms with Gasteiger partial charge in [0.05, 0.1) is 17.0 Å². The van der Waals surface area contributed by atoms with Crippen LogP contribution in [0.2, 0.25) is 10.0 Å². The van der Waals surface area contributed by atoms with Crippen molar-refractivity contribution in [2.75, 3.05) is 11.1 Å². The predicted octanol–water partition coefficient (Wildman–Crippen LogP) is 7.91. The van der Waals surface area contributed by atoms with Crippen LogP contribution >= 0.6 is 57.6 Å². The average Bonchev–Trinajstić information content (AvgIpc) is 3.42. The Balaban J connectivity index is 1.34. The number of carbonyl (C=O) groups excluding carboxylic acids is 1. The number of hydrogen-bond acceptors (Lipinski definition) is 6. The number of amides is 1. The highest BCUT2D eigenvalue weighted by Gasteiger charge is 2.33. The molecule has 0 aliphatic heterocycles. The summed E-state index contributed by atoms with van der Waals surface area (Å²) in [5.74, 6) is -0.164. The van der Waals surface area contributed by atoms with Crippen molar-refractivity contribution in [3.63, 3.8) is 0 Å². The minimum Gasteiger partial charge on any atom is -0.301 e. The lowest BCUT2D eigenvalue weighted by atomic mass is 10.0. The third-order valence-electron chi connectivity index (χ3n) is 4.49. The number of thiazole rings is 2. The standard InChI is InChI=1S/C22H14Cl2F3N3OS3/c23-14-3-1-12(2-4-14)18-10-32-21(29-18)33-11-19(31)30-20-28-9-16(34-20)8-13-7-15(24)5-6-17(13)22(25,26)27/h1-7,9-10H,8,11H2,(H,28,30,31). The fourth-order valence-electron chi connectivity index (χ4n) is 2.98. The van der Waals surface area contributed by atoms with Gasteiger partial charge in [-0.1, -0.05) is 47.1 Å². The lowest BCUT2D eigenvalue weighted by Gasteiger charge is -2.12. The number of anilines is 1. The van der Waals surface area contributed by atoms with Crippen molar-refractivity contribution in [1.82, 2.24) is 9.97 Å². The Morgan fingerprint density at radius 3 is 2.56 bits per heavy atom. The van der Waals surface area contributed by atoms with Crippen molar-refractivity contribution >= 4 is 68.7 Å². The van der Waals surface area contributed by atoms with Crippen LogP contribution in [0, 0.1) is 0 Å². The first-order valence-electron chi connectivity index (χ1n) is 9.62. The topological polar surface area (TPSA) is 54.9 Å². The number of halogens is 5. The molecular weight excluding hydrogens is 546 g/mol. The van der Waals surface area contributed by atoms with Crippen LogP contribution in [0.25, 0.3) is 11.3 Å². The monoisotopic (exact) mass is 559 g/mol. The van der Waals surface area contributed by atoms with Crippen LogP contribution in [0.1, 0.15) is 16.0 Å². The molecule has 0 aliphatic carbocycles. The molecule has 0 spiro atoms. The second-order valence-corrected chi connectivity index (χ2v) is 11.0. The maximum Gasteiger partial charge on any atom is 0.416 e. The van der Waals surface area contributed by atoms with Crippen molar-refractivity contribution in [2.24, 2.45) is 0 Å². The Hall–Kier alpha value is -2.11. The zero-order valence-corrected chi connectivity index (χ0v) is 21.0. The lowest BCUT2D eigenvalue weighted by Crippen LogP contribution is -2.13. The molecule has 12 heteroatoms. The Kier molecular flexibility index (Phi) is 7.83. The number of alkyl halides is 3. The highest BCUT2D eigenvalue weighted by atomic mass is 35.5. The third-order valence-corrected chi connectivity index (χ3v) is 7.91. The molecule has 176 valence electrons. The lowest BCUT2D eigenvalue weighted by molar-refractivity contribution is -0.138. The van der Waals surface area contributed by atoms with E-state index < -0.39 is 11.7 Å². The molecule has 2 aromatic carbocycles. The van der Waals surface area contributed by atoms with Gasteiger partial charge in [0.1, 0.15) is 0 Å². The summed E-state index contributed by atoms with van der Waals surface area (Å²) in [5.41, 5.74) is 1.04. The number of carbonyl (C=O) groups is 1. The van der Waals surface area contributed by atoms with Gasteiger partial charge in [-0.25, -0.2) is 9.97 Å². The van der Waals surface area contributed by atoms with Gasteiger partial charge in [0, 0.05) is 38.5 Å². The van der Waals surface area contributed by atoms with Gasteiger partial charge in [-0.2, -0.15) is 13.2 Å². The first-order chi connectivity index (χ1) is 16.2. The van der Waals surface area contributed by atoms with E-state index in [9.17, 15) is 18.0 Å². The van der Waals surface area contributed by atoms with Crippen LogP contribution < -0.4 is 5.32 Å². The number of nitrogens with one attached hydrogen (secondary N) is 1. The zero-order chi connectivity index (χ0) is 24.3. The van der Waals surface area contributed by atoms with E-state index >= 15 is 0 Å². The molecule has 4 rings (SSSR count). The summed E-state index contributed by atoms with van der Waals surface area (Å²) >= 11 is 15.6. The second-order valence-electron chi connectivity index (χ2n) is 6.95. The van der Waals surface area contributed by atoms with Crippen molar-refractivity contribution in [3.8, 4) is 11.3 Å². The normalized spacial score (nSPS) is 11.6. The van der Waals surface area contributed by atoms with Crippen molar-refractivity contribution < 1.29 is 18.0 Å². The molecule has 34 heavy (non-hydrogen) atoms. The summed E-state index contributed by atoms with van der Waals surface area (Å²) in [7, 11) is 0. The van der Waals surface area contributed by atoms with Gasteiger partial charge in [0.2, 0.25) is 5.91 Å². The number of aromatic nitrogens is 2. The number of benzene rings is 2. The zero-order valence-electron chi connectivity index (χ0n) is 17.0. The van der Waals surface area contributed by atoms with Gasteiger partial charge < -0.3 is 5.32 Å². The van der Waals surface area contributed by atoms with Gasteiger partial charge in [0.15, 0.2) is 9.47 Å². The predicted molar refractivity (Wildman–Crippen MR) is 133 cm³/mol. The van der Waals surface area contributed by atoms with Gasteiger partial charge in [0.25, 0.3) is 0 Å². The van der Waals surface area contributed by atoms with E-state index in [0.29, 0.717) is 15.0 Å². The average molecular weight is 560 g/mol. The Morgan fingerprint density at radius 2 is 1.82 bits per heavy atom. The molecule has 0 unspecified atom stereocenters. The summed E-state index contributed by atoms with van der Waals surface area (Å²) in [6.45, 7) is 0.